The van der Waals surface area contributed by atoms with E-state index in [-0.39, 0.29) is 82.2 Å². The van der Waals surface area contributed by atoms with Gasteiger partial charge < -0.3 is 78.3 Å². The number of carboxylic acid groups (broad SMARTS) is 2. The molecule has 3 fully saturated rings. The fourth-order valence-corrected chi connectivity index (χ4v) is 17.2. The highest BCUT2D eigenvalue weighted by molar-refractivity contribution is 8.19. The number of carbonyl (C=O) groups excluding carboxylic acids is 4. The summed E-state index contributed by atoms with van der Waals surface area (Å²) in [6, 6.07) is 32.4. The number of benzene rings is 8. The van der Waals surface area contributed by atoms with Crippen molar-refractivity contribution in [3.05, 3.63) is 238 Å². The molecule has 0 saturated carbocycles. The molecule has 0 bridgehead atoms. The molecule has 43 heteroatoms. The standard InChI is InChI=1S/C24H23F3N2O4S.C23H19F3N2O5S.C23H23F3N2O5S.C22H16F4N2O4S/c1-14-5-7-18(17(10-14)24(25,26)27)33-19-8-6-15(11-20(19)32-2)12-21-22(31)28-23(34-21)29-9-3-4-16(30)13-29;1-12-3-5-16(15(7-12)23(24,25)26)33-17-6-4-13(8-18(17)32-2)9-19-20(29)27-22(34-19)28-10-14(11-28)21(30)31;1-13-4-6-17(16(8-13)23(24,25)26)33-18-7-5-14(9-19(18)32-3)10-20-21(31)27-22(34-20)28(2)11-15(30)12-29;1-11-2-4-16(14(6-11)22(24,25)26)32-17-5-3-12(7-15(17)23)8-18-19(29)27-21(33-18)28-9-13(10-28)20(30)31/h5-8,10-12,16,30H,3-4,9,13H2,1-2H3;3-9,14H,10-11H2,1-2H3,(H,30,31);4-10,15,29-30H,11-12H2,1-3H3;2-8,13H,9-10H2,1H3,(H,30,31)/b21-12-;19-9-;20-10-;18-8-. The van der Waals surface area contributed by atoms with Gasteiger partial charge in [0.05, 0.1) is 93.9 Å². The second-order valence-electron chi connectivity index (χ2n) is 30.9. The van der Waals surface area contributed by atoms with E-state index < -0.39 is 125 Å². The van der Waals surface area contributed by atoms with Crippen LogP contribution in [0, 0.1) is 45.3 Å². The van der Waals surface area contributed by atoms with Crippen molar-refractivity contribution < 1.29 is 145 Å². The van der Waals surface area contributed by atoms with E-state index in [1.54, 1.807) is 91.1 Å². The number of methoxy groups -OCH3 is 3. The average Bonchev–Trinajstić information content (AvgIpc) is 1.63. The molecule has 3 saturated heterocycles. The van der Waals surface area contributed by atoms with Gasteiger partial charge in [-0.25, -0.2) is 4.39 Å². The van der Waals surface area contributed by atoms with Crippen LogP contribution in [0.4, 0.5) is 57.1 Å². The highest BCUT2D eigenvalue weighted by Gasteiger charge is 2.43. The molecule has 2 unspecified atom stereocenters. The quantitative estimate of drug-likeness (QED) is 0.0349. The first-order valence-electron chi connectivity index (χ1n) is 40.5. The number of amides is 4. The van der Waals surface area contributed by atoms with Crippen molar-refractivity contribution in [2.45, 2.75) is 77.4 Å². The summed E-state index contributed by atoms with van der Waals surface area (Å²) in [5.41, 5.74) is 0.0804. The van der Waals surface area contributed by atoms with Crippen molar-refractivity contribution in [2.24, 2.45) is 31.8 Å². The van der Waals surface area contributed by atoms with E-state index in [4.69, 9.17) is 48.5 Å². The first kappa shape index (κ1) is 101. The summed E-state index contributed by atoms with van der Waals surface area (Å²) < 4.78 is 213. The van der Waals surface area contributed by atoms with Crippen molar-refractivity contribution in [3.63, 3.8) is 0 Å². The number of hydrogen-bond acceptors (Lipinski definition) is 24. The van der Waals surface area contributed by atoms with Crippen molar-refractivity contribution >= 4 is 128 Å². The second-order valence-corrected chi connectivity index (χ2v) is 34.9. The number of aliphatic hydroxyl groups excluding tert-OH is 3. The third-order valence-electron chi connectivity index (χ3n) is 20.5. The second kappa shape index (κ2) is 42.8. The maximum atomic E-state index is 14.6. The number of carbonyl (C=O) groups is 6. The summed E-state index contributed by atoms with van der Waals surface area (Å²) in [5.74, 6) is -6.60. The number of β-amino-alcohol motifs (C(OH)–C–C–N with tert-alkyl or cyclic N) is 1. The summed E-state index contributed by atoms with van der Waals surface area (Å²) in [6.07, 6.45) is -12.1. The Labute approximate surface area is 778 Å². The van der Waals surface area contributed by atoms with Crippen LogP contribution in [0.1, 0.15) is 79.6 Å². The molecule has 5 N–H and O–H groups in total. The van der Waals surface area contributed by atoms with Gasteiger partial charge in [-0.2, -0.15) is 72.7 Å². The van der Waals surface area contributed by atoms with E-state index in [1.165, 1.54) is 125 Å². The predicted octanol–water partition coefficient (Wildman–Crippen LogP) is 19.0. The summed E-state index contributed by atoms with van der Waals surface area (Å²) in [4.78, 5) is 95.1. The van der Waals surface area contributed by atoms with E-state index in [0.29, 0.717) is 99.5 Å². The molecule has 7 aliphatic heterocycles. The molecule has 7 heterocycles. The Morgan fingerprint density at radius 3 is 1.03 bits per heavy atom. The summed E-state index contributed by atoms with van der Waals surface area (Å²) in [5, 5.41) is 48.1. The van der Waals surface area contributed by atoms with Crippen LogP contribution in [0.3, 0.4) is 0 Å². The molecule has 0 aromatic heterocycles. The number of ether oxygens (including phenoxy) is 7. The summed E-state index contributed by atoms with van der Waals surface area (Å²) in [7, 11) is 5.74. The molecule has 26 nitrogen and oxygen atoms in total. The van der Waals surface area contributed by atoms with E-state index >= 15 is 0 Å². The van der Waals surface area contributed by atoms with Gasteiger partial charge in [-0.15, -0.1) is 0 Å². The zero-order chi connectivity index (χ0) is 98.0. The Kier molecular flexibility index (Phi) is 32.1. The van der Waals surface area contributed by atoms with E-state index in [2.05, 4.69) is 20.0 Å². The summed E-state index contributed by atoms with van der Waals surface area (Å²) in [6.45, 7) is 8.13. The molecular formula is C92H81F13N8O18S4. The third kappa shape index (κ3) is 26.0. The number of halogens is 13. The van der Waals surface area contributed by atoms with Gasteiger partial charge in [0.2, 0.25) is 0 Å². The van der Waals surface area contributed by atoms with Crippen LogP contribution in [-0.2, 0) is 53.5 Å². The van der Waals surface area contributed by atoms with Crippen LogP contribution in [-0.4, -0.2) is 194 Å². The predicted molar refractivity (Wildman–Crippen MR) is 480 cm³/mol. The van der Waals surface area contributed by atoms with Gasteiger partial charge in [0.15, 0.2) is 66.7 Å². The number of aliphatic imine (C=N–C) groups is 4. The van der Waals surface area contributed by atoms with E-state index in [9.17, 15) is 96.1 Å². The lowest BCUT2D eigenvalue weighted by Gasteiger charge is -2.37. The molecule has 0 radical (unpaired) electrons. The van der Waals surface area contributed by atoms with Gasteiger partial charge in [0, 0.05) is 52.9 Å². The molecule has 8 aromatic carbocycles. The third-order valence-corrected chi connectivity index (χ3v) is 24.7. The fourth-order valence-electron chi connectivity index (χ4n) is 13.5. The minimum absolute atomic E-state index is 0.0825. The van der Waals surface area contributed by atoms with Crippen LogP contribution >= 0.6 is 47.0 Å². The van der Waals surface area contributed by atoms with Crippen molar-refractivity contribution in [1.82, 2.24) is 19.6 Å². The number of aliphatic carboxylic acids is 2. The number of likely N-dealkylation sites (N-methyl/N-ethyl adjacent to an activating group) is 1. The number of carboxylic acids is 2. The van der Waals surface area contributed by atoms with Crippen LogP contribution in [0.2, 0.25) is 0 Å². The van der Waals surface area contributed by atoms with Gasteiger partial charge in [0.1, 0.15) is 23.0 Å². The largest absolute Gasteiger partial charge is 0.493 e. The molecule has 2 atom stereocenters. The van der Waals surface area contributed by atoms with Crippen LogP contribution < -0.4 is 33.2 Å². The van der Waals surface area contributed by atoms with Crippen LogP contribution in [0.5, 0.6) is 63.2 Å². The van der Waals surface area contributed by atoms with E-state index in [1.807, 2.05) is 4.90 Å². The molecule has 0 spiro atoms. The van der Waals surface area contributed by atoms with E-state index in [0.717, 1.165) is 91.1 Å². The molecule has 712 valence electrons. The van der Waals surface area contributed by atoms with Crippen molar-refractivity contribution in [1.29, 1.82) is 0 Å². The highest BCUT2D eigenvalue weighted by atomic mass is 32.2. The maximum absolute atomic E-state index is 14.6. The number of hydrogen-bond donors (Lipinski definition) is 5. The van der Waals surface area contributed by atoms with Gasteiger partial charge in [0.25, 0.3) is 23.6 Å². The molecule has 7 aliphatic rings. The van der Waals surface area contributed by atoms with Gasteiger partial charge in [-0.1, -0.05) is 70.8 Å². The summed E-state index contributed by atoms with van der Waals surface area (Å²) >= 11 is 4.51. The lowest BCUT2D eigenvalue weighted by Crippen LogP contribution is -2.51. The number of aryl methyl sites for hydroxylation is 4. The minimum Gasteiger partial charge on any atom is -0.493 e. The van der Waals surface area contributed by atoms with Crippen molar-refractivity contribution in [3.8, 4) is 63.2 Å². The molecule has 0 aliphatic carbocycles. The first-order chi connectivity index (χ1) is 63.7. The number of aliphatic hydroxyl groups is 3. The zero-order valence-electron chi connectivity index (χ0n) is 72.2. The van der Waals surface area contributed by atoms with Crippen molar-refractivity contribution in [2.75, 3.05) is 80.8 Å². The minimum atomic E-state index is -4.67. The van der Waals surface area contributed by atoms with Gasteiger partial charge >= 0.3 is 36.6 Å². The molecule has 15 rings (SSSR count). The number of nitrogens with zero attached hydrogens (tertiary/aromatic N) is 8. The fraction of sp³-hybridized carbons (Fsp3) is 0.283. The number of likely N-dealkylation sites (tertiary alicyclic amines) is 3. The highest BCUT2D eigenvalue weighted by Crippen LogP contribution is 2.48. The number of thioether (sulfide) groups is 4. The monoisotopic (exact) mass is 1960 g/mol. The lowest BCUT2D eigenvalue weighted by molar-refractivity contribution is -0.146. The molecular weight excluding hydrogens is 1880 g/mol. The number of rotatable bonds is 20. The Hall–Kier alpha value is -12.8. The maximum Gasteiger partial charge on any atom is 0.419 e. The van der Waals surface area contributed by atoms with Gasteiger partial charge in [-0.3, -0.25) is 28.8 Å². The Morgan fingerprint density at radius 2 is 0.726 bits per heavy atom. The van der Waals surface area contributed by atoms with Gasteiger partial charge in [-0.05, 0) is 231 Å². The Bertz CT molecular complexity index is 6190. The molecule has 135 heavy (non-hydrogen) atoms. The SMILES string of the molecule is COc1cc(/C=C2\SC(N(C)CC(O)CO)=NC2=O)ccc1Oc1ccc(C)cc1C(F)(F)F.COc1cc(/C=C2\SC(N3CC(C(=O)O)C3)=NC2=O)ccc1Oc1ccc(C)cc1C(F)(F)F.COc1cc(/C=C2\SC(N3CCCC(O)C3)=NC2=O)ccc1Oc1ccc(C)cc1C(F)(F)F.Cc1ccc(Oc2ccc(/C=C3\SC(N4CC(C(=O)O)C4)=NC3=O)cc2F)c(C(F)(F)F)c1. The molecule has 8 aromatic rings. The lowest BCUT2D eigenvalue weighted by atomic mass is 10.0. The average molecular weight is 1960 g/mol. The number of piperidine rings is 1. The smallest absolute Gasteiger partial charge is 0.419 e. The first-order valence-corrected chi connectivity index (χ1v) is 43.7. The Morgan fingerprint density at radius 1 is 0.430 bits per heavy atom. The topological polar surface area (TPSA) is 331 Å². The Balaban J connectivity index is 0.000000162. The molecule has 4 amide bonds. The number of alkyl halides is 12. The normalized spacial score (nSPS) is 17.8. The van der Waals surface area contributed by atoms with Crippen LogP contribution in [0.25, 0.3) is 24.3 Å². The van der Waals surface area contributed by atoms with Crippen LogP contribution in [0.15, 0.2) is 185 Å². The number of amidine groups is 4. The zero-order valence-corrected chi connectivity index (χ0v) is 75.5.